The van der Waals surface area contributed by atoms with Crippen molar-refractivity contribution in [3.63, 3.8) is 0 Å². The second-order valence-electron chi connectivity index (χ2n) is 6.06. The van der Waals surface area contributed by atoms with Crippen molar-refractivity contribution < 1.29 is 9.59 Å². The van der Waals surface area contributed by atoms with Crippen molar-refractivity contribution in [1.29, 1.82) is 0 Å². The van der Waals surface area contributed by atoms with Crippen LogP contribution >= 0.6 is 11.3 Å². The van der Waals surface area contributed by atoms with Crippen LogP contribution in [-0.4, -0.2) is 27.9 Å². The first-order chi connectivity index (χ1) is 11.2. The van der Waals surface area contributed by atoms with Gasteiger partial charge in [0.05, 0.1) is 11.2 Å². The molecule has 0 radical (unpaired) electrons. The Bertz CT molecular complexity index is 754. The minimum Gasteiger partial charge on any atom is -0.308 e. The summed E-state index contributed by atoms with van der Waals surface area (Å²) in [4.78, 5) is 32.8. The van der Waals surface area contributed by atoms with Gasteiger partial charge < -0.3 is 4.90 Å². The second-order valence-corrected chi connectivity index (χ2v) is 6.90. The molecule has 0 spiro atoms. The lowest BCUT2D eigenvalue weighted by atomic mass is 10.2. The van der Waals surface area contributed by atoms with Crippen LogP contribution in [0.25, 0.3) is 0 Å². The van der Waals surface area contributed by atoms with E-state index in [1.165, 1.54) is 16.2 Å². The minimum atomic E-state index is -0.447. The van der Waals surface area contributed by atoms with Gasteiger partial charge >= 0.3 is 6.03 Å². The Morgan fingerprint density at radius 1 is 1.22 bits per heavy atom. The fourth-order valence-electron chi connectivity index (χ4n) is 2.93. The van der Waals surface area contributed by atoms with Crippen molar-refractivity contribution in [2.75, 3.05) is 4.90 Å². The standard InChI is InChI=1S/C17H17N3O2S/c1-11-15(21)20(16-14(13-7-8-13)18-10-23-16)17(22)19(11)9-12-5-3-2-4-6-12/h2-6,10-11,13H,7-9H2,1H3. The molecular formula is C17H17N3O2S. The van der Waals surface area contributed by atoms with Gasteiger partial charge in [-0.3, -0.25) is 4.79 Å². The van der Waals surface area contributed by atoms with Gasteiger partial charge in [-0.25, -0.2) is 14.7 Å². The molecule has 1 saturated heterocycles. The number of anilines is 1. The van der Waals surface area contributed by atoms with Crippen LogP contribution in [0, 0.1) is 0 Å². The van der Waals surface area contributed by atoms with Crippen LogP contribution in [0.5, 0.6) is 0 Å². The molecule has 2 aliphatic rings. The Hall–Kier alpha value is -2.21. The molecule has 0 N–H and O–H groups in total. The molecule has 23 heavy (non-hydrogen) atoms. The average molecular weight is 327 g/mol. The van der Waals surface area contributed by atoms with Crippen LogP contribution in [0.1, 0.15) is 36.9 Å². The van der Waals surface area contributed by atoms with E-state index < -0.39 is 6.04 Å². The van der Waals surface area contributed by atoms with Crippen molar-refractivity contribution in [2.24, 2.45) is 0 Å². The molecule has 3 amide bonds. The van der Waals surface area contributed by atoms with E-state index in [4.69, 9.17) is 0 Å². The molecule has 118 valence electrons. The maximum Gasteiger partial charge on any atom is 0.333 e. The lowest BCUT2D eigenvalue weighted by Crippen LogP contribution is -2.33. The smallest absolute Gasteiger partial charge is 0.308 e. The van der Waals surface area contributed by atoms with Gasteiger partial charge in [0.1, 0.15) is 11.0 Å². The maximum absolute atomic E-state index is 12.8. The summed E-state index contributed by atoms with van der Waals surface area (Å²) in [5, 5.41) is 0.713. The van der Waals surface area contributed by atoms with E-state index >= 15 is 0 Å². The number of carbonyl (C=O) groups excluding carboxylic acids is 2. The van der Waals surface area contributed by atoms with Gasteiger partial charge in [-0.1, -0.05) is 30.3 Å². The highest BCUT2D eigenvalue weighted by Gasteiger charge is 2.46. The number of hydrogen-bond donors (Lipinski definition) is 0. The zero-order chi connectivity index (χ0) is 16.0. The quantitative estimate of drug-likeness (QED) is 0.809. The first-order valence-electron chi connectivity index (χ1n) is 7.78. The van der Waals surface area contributed by atoms with Gasteiger partial charge in [0.2, 0.25) is 0 Å². The van der Waals surface area contributed by atoms with Gasteiger partial charge in [-0.2, -0.15) is 0 Å². The van der Waals surface area contributed by atoms with Crippen molar-refractivity contribution >= 4 is 28.3 Å². The highest BCUT2D eigenvalue weighted by molar-refractivity contribution is 7.14. The molecule has 4 rings (SSSR count). The van der Waals surface area contributed by atoms with E-state index in [9.17, 15) is 9.59 Å². The molecule has 1 saturated carbocycles. The summed E-state index contributed by atoms with van der Waals surface area (Å²) in [6, 6.07) is 9.07. The van der Waals surface area contributed by atoms with Gasteiger partial charge in [0.25, 0.3) is 5.91 Å². The lowest BCUT2D eigenvalue weighted by molar-refractivity contribution is -0.119. The molecule has 0 bridgehead atoms. The van der Waals surface area contributed by atoms with E-state index in [-0.39, 0.29) is 11.9 Å². The van der Waals surface area contributed by atoms with E-state index in [1.54, 1.807) is 17.3 Å². The highest BCUT2D eigenvalue weighted by atomic mass is 32.1. The van der Waals surface area contributed by atoms with Gasteiger partial charge in [0, 0.05) is 12.5 Å². The minimum absolute atomic E-state index is 0.155. The topological polar surface area (TPSA) is 53.5 Å². The maximum atomic E-state index is 12.8. The van der Waals surface area contributed by atoms with Crippen LogP contribution in [0.3, 0.4) is 0 Å². The number of amides is 3. The number of imide groups is 1. The lowest BCUT2D eigenvalue weighted by Gasteiger charge is -2.19. The predicted octanol–water partition coefficient (Wildman–Crippen LogP) is 3.38. The molecule has 1 atom stereocenters. The van der Waals surface area contributed by atoms with Crippen LogP contribution < -0.4 is 4.90 Å². The largest absolute Gasteiger partial charge is 0.333 e. The summed E-state index contributed by atoms with van der Waals surface area (Å²) < 4.78 is 0. The fraction of sp³-hybridized carbons (Fsp3) is 0.353. The van der Waals surface area contributed by atoms with Crippen molar-refractivity contribution in [3.05, 3.63) is 47.1 Å². The van der Waals surface area contributed by atoms with Crippen molar-refractivity contribution in [1.82, 2.24) is 9.88 Å². The average Bonchev–Trinajstić information content (AvgIpc) is 3.27. The molecule has 2 heterocycles. The van der Waals surface area contributed by atoms with E-state index in [2.05, 4.69) is 4.98 Å². The first-order valence-corrected chi connectivity index (χ1v) is 8.66. The molecule has 1 aromatic carbocycles. The molecule has 6 heteroatoms. The normalized spacial score (nSPS) is 21.3. The van der Waals surface area contributed by atoms with Crippen molar-refractivity contribution in [3.8, 4) is 0 Å². The molecule has 1 aliphatic heterocycles. The number of aromatic nitrogens is 1. The zero-order valence-corrected chi connectivity index (χ0v) is 13.6. The molecular weight excluding hydrogens is 310 g/mol. The molecule has 2 fully saturated rings. The summed E-state index contributed by atoms with van der Waals surface area (Å²) in [7, 11) is 0. The highest BCUT2D eigenvalue weighted by Crippen LogP contribution is 2.46. The monoisotopic (exact) mass is 327 g/mol. The summed E-state index contributed by atoms with van der Waals surface area (Å²) in [5.74, 6) is 0.257. The third-order valence-corrected chi connectivity index (χ3v) is 5.25. The van der Waals surface area contributed by atoms with Crippen LogP contribution in [0.2, 0.25) is 0 Å². The molecule has 2 aromatic rings. The predicted molar refractivity (Wildman–Crippen MR) is 88.4 cm³/mol. The summed E-state index contributed by atoms with van der Waals surface area (Å²) in [6.45, 7) is 2.24. The summed E-state index contributed by atoms with van der Waals surface area (Å²) >= 11 is 1.38. The Balaban J connectivity index is 1.63. The number of carbonyl (C=O) groups is 2. The van der Waals surface area contributed by atoms with Crippen LogP contribution in [0.15, 0.2) is 35.8 Å². The third kappa shape index (κ3) is 2.43. The van der Waals surface area contributed by atoms with E-state index in [1.807, 2.05) is 30.3 Å². The molecule has 1 unspecified atom stereocenters. The summed E-state index contributed by atoms with van der Waals surface area (Å²) in [5.41, 5.74) is 3.66. The number of nitrogens with zero attached hydrogens (tertiary/aromatic N) is 3. The number of rotatable bonds is 4. The zero-order valence-electron chi connectivity index (χ0n) is 12.8. The summed E-state index contributed by atoms with van der Waals surface area (Å²) in [6.07, 6.45) is 2.19. The van der Waals surface area contributed by atoms with Crippen molar-refractivity contribution in [2.45, 2.75) is 38.3 Å². The first kappa shape index (κ1) is 14.4. The molecule has 1 aliphatic carbocycles. The molecule has 5 nitrogen and oxygen atoms in total. The number of benzene rings is 1. The number of urea groups is 1. The Morgan fingerprint density at radius 3 is 2.65 bits per heavy atom. The Labute approximate surface area is 138 Å². The van der Waals surface area contributed by atoms with Gasteiger partial charge in [-0.05, 0) is 25.3 Å². The SMILES string of the molecule is CC1C(=O)N(c2scnc2C2CC2)C(=O)N1Cc1ccccc1. The number of thiazole rings is 1. The van der Waals surface area contributed by atoms with Crippen LogP contribution in [-0.2, 0) is 11.3 Å². The van der Waals surface area contributed by atoms with Crippen LogP contribution in [0.4, 0.5) is 9.80 Å². The number of hydrogen-bond acceptors (Lipinski definition) is 4. The van der Waals surface area contributed by atoms with Gasteiger partial charge in [-0.15, -0.1) is 11.3 Å². The van der Waals surface area contributed by atoms with E-state index in [0.717, 1.165) is 24.1 Å². The van der Waals surface area contributed by atoms with Gasteiger partial charge in [0.15, 0.2) is 0 Å². The second kappa shape index (κ2) is 5.45. The Morgan fingerprint density at radius 2 is 1.96 bits per heavy atom. The van der Waals surface area contributed by atoms with E-state index in [0.29, 0.717) is 17.5 Å². The molecule has 1 aromatic heterocycles. The fourth-order valence-corrected chi connectivity index (χ4v) is 3.81. The third-order valence-electron chi connectivity index (χ3n) is 4.42. The Kier molecular flexibility index (Phi) is 3.41.